The summed E-state index contributed by atoms with van der Waals surface area (Å²) in [6.45, 7) is 1.48. The SMILES string of the molecule is Cc1ccc(C(O)OCC(O)CO)cc1. The summed E-state index contributed by atoms with van der Waals surface area (Å²) in [6, 6.07) is 7.24. The Kier molecular flexibility index (Phi) is 4.71. The summed E-state index contributed by atoms with van der Waals surface area (Å²) < 4.78 is 4.97. The molecule has 2 atom stereocenters. The minimum Gasteiger partial charge on any atom is -0.394 e. The quantitative estimate of drug-likeness (QED) is 0.616. The van der Waals surface area contributed by atoms with Crippen LogP contribution < -0.4 is 0 Å². The summed E-state index contributed by atoms with van der Waals surface area (Å²) in [5.74, 6) is 0. The van der Waals surface area contributed by atoms with Crippen LogP contribution in [0.2, 0.25) is 0 Å². The number of rotatable bonds is 5. The van der Waals surface area contributed by atoms with Gasteiger partial charge in [-0.25, -0.2) is 0 Å². The number of hydrogen-bond donors (Lipinski definition) is 3. The minimum absolute atomic E-state index is 0.0917. The summed E-state index contributed by atoms with van der Waals surface area (Å²) >= 11 is 0. The van der Waals surface area contributed by atoms with Crippen LogP contribution in [0.5, 0.6) is 0 Å². The van der Waals surface area contributed by atoms with Gasteiger partial charge in [-0.15, -0.1) is 0 Å². The molecule has 84 valence electrons. The van der Waals surface area contributed by atoms with Crippen LogP contribution in [0.15, 0.2) is 24.3 Å². The van der Waals surface area contributed by atoms with E-state index in [1.54, 1.807) is 12.1 Å². The van der Waals surface area contributed by atoms with E-state index in [4.69, 9.17) is 14.9 Å². The predicted octanol–water partition coefficient (Wildman–Crippen LogP) is 0.356. The molecular weight excluding hydrogens is 196 g/mol. The third kappa shape index (κ3) is 3.97. The molecule has 0 saturated heterocycles. The highest BCUT2D eigenvalue weighted by atomic mass is 16.6. The van der Waals surface area contributed by atoms with Crippen LogP contribution in [0.1, 0.15) is 17.4 Å². The first-order valence-corrected chi connectivity index (χ1v) is 4.78. The van der Waals surface area contributed by atoms with Gasteiger partial charge in [0.05, 0.1) is 13.2 Å². The van der Waals surface area contributed by atoms with Crippen molar-refractivity contribution < 1.29 is 20.1 Å². The number of aliphatic hydroxyl groups excluding tert-OH is 3. The highest BCUT2D eigenvalue weighted by molar-refractivity contribution is 5.21. The van der Waals surface area contributed by atoms with Crippen LogP contribution >= 0.6 is 0 Å². The van der Waals surface area contributed by atoms with Gasteiger partial charge < -0.3 is 20.1 Å². The van der Waals surface area contributed by atoms with Crippen LogP contribution in [0.25, 0.3) is 0 Å². The van der Waals surface area contributed by atoms with E-state index in [9.17, 15) is 5.11 Å². The van der Waals surface area contributed by atoms with E-state index >= 15 is 0 Å². The van der Waals surface area contributed by atoms with Crippen molar-refractivity contribution in [3.63, 3.8) is 0 Å². The molecule has 0 aliphatic carbocycles. The van der Waals surface area contributed by atoms with Crippen LogP contribution in [0.4, 0.5) is 0 Å². The first-order chi connectivity index (χ1) is 7.13. The van der Waals surface area contributed by atoms with Gasteiger partial charge in [0.15, 0.2) is 6.29 Å². The zero-order chi connectivity index (χ0) is 11.3. The second-order valence-corrected chi connectivity index (χ2v) is 3.43. The molecule has 0 spiro atoms. The zero-order valence-electron chi connectivity index (χ0n) is 8.63. The molecule has 0 bridgehead atoms. The van der Waals surface area contributed by atoms with E-state index < -0.39 is 12.4 Å². The van der Waals surface area contributed by atoms with Gasteiger partial charge in [-0.05, 0) is 6.92 Å². The Hall–Kier alpha value is -0.940. The summed E-state index contributed by atoms with van der Waals surface area (Å²) in [6.07, 6.45) is -2.02. The largest absolute Gasteiger partial charge is 0.394 e. The number of hydrogen-bond acceptors (Lipinski definition) is 4. The third-order valence-electron chi connectivity index (χ3n) is 2.02. The van der Waals surface area contributed by atoms with Gasteiger partial charge in [0.2, 0.25) is 0 Å². The lowest BCUT2D eigenvalue weighted by atomic mass is 10.1. The molecule has 4 heteroatoms. The smallest absolute Gasteiger partial charge is 0.181 e. The molecule has 1 aromatic carbocycles. The van der Waals surface area contributed by atoms with Crippen LogP contribution in [0, 0.1) is 6.92 Å². The molecule has 1 rings (SSSR count). The molecule has 2 unspecified atom stereocenters. The van der Waals surface area contributed by atoms with Crippen LogP contribution in [-0.4, -0.2) is 34.6 Å². The molecule has 0 saturated carbocycles. The average molecular weight is 212 g/mol. The highest BCUT2D eigenvalue weighted by Crippen LogP contribution is 2.14. The lowest BCUT2D eigenvalue weighted by molar-refractivity contribution is -0.129. The Morgan fingerprint density at radius 2 is 1.80 bits per heavy atom. The van der Waals surface area contributed by atoms with Crippen molar-refractivity contribution in [2.45, 2.75) is 19.3 Å². The van der Waals surface area contributed by atoms with E-state index in [2.05, 4.69) is 0 Å². The zero-order valence-corrected chi connectivity index (χ0v) is 8.63. The standard InChI is InChI=1S/C11H16O4/c1-8-2-4-9(5-3-8)11(14)15-7-10(13)6-12/h2-5,10-14H,6-7H2,1H3. The number of aliphatic hydroxyl groups is 3. The predicted molar refractivity (Wildman–Crippen MR) is 55.2 cm³/mol. The van der Waals surface area contributed by atoms with Crippen molar-refractivity contribution in [3.8, 4) is 0 Å². The minimum atomic E-state index is -1.06. The Morgan fingerprint density at radius 1 is 1.20 bits per heavy atom. The van der Waals surface area contributed by atoms with Gasteiger partial charge in [-0.2, -0.15) is 0 Å². The maximum atomic E-state index is 9.54. The molecule has 0 aromatic heterocycles. The molecule has 3 N–H and O–H groups in total. The van der Waals surface area contributed by atoms with Gasteiger partial charge in [-0.1, -0.05) is 29.8 Å². The second-order valence-electron chi connectivity index (χ2n) is 3.43. The monoisotopic (exact) mass is 212 g/mol. The summed E-state index contributed by atoms with van der Waals surface area (Å²) in [7, 11) is 0. The Morgan fingerprint density at radius 3 is 2.33 bits per heavy atom. The summed E-state index contributed by atoms with van der Waals surface area (Å²) in [4.78, 5) is 0. The van der Waals surface area contributed by atoms with Crippen molar-refractivity contribution in [2.24, 2.45) is 0 Å². The van der Waals surface area contributed by atoms with E-state index in [0.717, 1.165) is 5.56 Å². The number of benzene rings is 1. The van der Waals surface area contributed by atoms with Crippen molar-refractivity contribution in [3.05, 3.63) is 35.4 Å². The van der Waals surface area contributed by atoms with E-state index in [1.165, 1.54) is 0 Å². The van der Waals surface area contributed by atoms with Crippen molar-refractivity contribution >= 4 is 0 Å². The average Bonchev–Trinajstić information content (AvgIpc) is 2.26. The van der Waals surface area contributed by atoms with Gasteiger partial charge in [0.1, 0.15) is 6.10 Å². The molecule has 0 heterocycles. The van der Waals surface area contributed by atoms with Gasteiger partial charge in [0, 0.05) is 5.56 Å². The normalized spacial score (nSPS) is 14.9. The van der Waals surface area contributed by atoms with Crippen LogP contribution in [0.3, 0.4) is 0 Å². The maximum Gasteiger partial charge on any atom is 0.181 e. The lowest BCUT2D eigenvalue weighted by Crippen LogP contribution is -2.21. The summed E-state index contributed by atoms with van der Waals surface area (Å²) in [5, 5.41) is 27.1. The Balaban J connectivity index is 2.46. The molecule has 4 nitrogen and oxygen atoms in total. The lowest BCUT2D eigenvalue weighted by Gasteiger charge is -2.14. The van der Waals surface area contributed by atoms with Crippen LogP contribution in [-0.2, 0) is 4.74 Å². The topological polar surface area (TPSA) is 69.9 Å². The molecule has 0 aliphatic heterocycles. The molecule has 0 fully saturated rings. The van der Waals surface area contributed by atoms with Crippen molar-refractivity contribution in [2.75, 3.05) is 13.2 Å². The van der Waals surface area contributed by atoms with E-state index in [1.807, 2.05) is 19.1 Å². The number of aryl methyl sites for hydroxylation is 1. The molecule has 0 radical (unpaired) electrons. The maximum absolute atomic E-state index is 9.54. The second kappa shape index (κ2) is 5.82. The molecular formula is C11H16O4. The molecule has 1 aromatic rings. The van der Waals surface area contributed by atoms with Gasteiger partial charge in [-0.3, -0.25) is 0 Å². The summed E-state index contributed by atoms with van der Waals surface area (Å²) in [5.41, 5.74) is 1.73. The Labute approximate surface area is 88.8 Å². The van der Waals surface area contributed by atoms with Crippen molar-refractivity contribution in [1.29, 1.82) is 0 Å². The first kappa shape index (κ1) is 12.1. The van der Waals surface area contributed by atoms with Gasteiger partial charge in [0.25, 0.3) is 0 Å². The third-order valence-corrected chi connectivity index (χ3v) is 2.02. The number of ether oxygens (including phenoxy) is 1. The van der Waals surface area contributed by atoms with E-state index in [0.29, 0.717) is 5.56 Å². The first-order valence-electron chi connectivity index (χ1n) is 4.78. The Bertz CT molecular complexity index is 283. The van der Waals surface area contributed by atoms with Crippen molar-refractivity contribution in [1.82, 2.24) is 0 Å². The molecule has 15 heavy (non-hydrogen) atoms. The molecule has 0 aliphatic rings. The van der Waals surface area contributed by atoms with E-state index in [-0.39, 0.29) is 13.2 Å². The molecule has 0 amide bonds. The fourth-order valence-electron chi connectivity index (χ4n) is 1.08. The fourth-order valence-corrected chi connectivity index (χ4v) is 1.08. The van der Waals surface area contributed by atoms with Gasteiger partial charge >= 0.3 is 0 Å². The fraction of sp³-hybridized carbons (Fsp3) is 0.455. The highest BCUT2D eigenvalue weighted by Gasteiger charge is 2.10.